The van der Waals surface area contributed by atoms with Crippen LogP contribution >= 0.6 is 11.6 Å². The number of rotatable bonds is 5. The summed E-state index contributed by atoms with van der Waals surface area (Å²) < 4.78 is 10.9. The number of methoxy groups -OCH3 is 1. The third kappa shape index (κ3) is 2.98. The first-order valence-corrected chi connectivity index (χ1v) is 6.61. The van der Waals surface area contributed by atoms with Gasteiger partial charge in [0, 0.05) is 32.4 Å². The maximum Gasteiger partial charge on any atom is 0.250 e. The first kappa shape index (κ1) is 14.9. The average molecular weight is 300 g/mol. The second-order valence-electron chi connectivity index (χ2n) is 4.83. The third-order valence-corrected chi connectivity index (χ3v) is 3.76. The summed E-state index contributed by atoms with van der Waals surface area (Å²) in [4.78, 5) is 11.5. The van der Waals surface area contributed by atoms with Gasteiger partial charge in [0.05, 0.1) is 22.9 Å². The summed E-state index contributed by atoms with van der Waals surface area (Å²) in [6.45, 7) is 1.61. The van der Waals surface area contributed by atoms with Crippen LogP contribution in [0.4, 0.5) is 11.4 Å². The molecule has 0 aliphatic carbocycles. The molecule has 1 amide bonds. The van der Waals surface area contributed by atoms with E-state index in [4.69, 9.17) is 32.5 Å². The molecule has 7 heteroatoms. The number of nitrogen functional groups attached to an aromatic ring is 1. The van der Waals surface area contributed by atoms with Crippen molar-refractivity contribution in [2.24, 2.45) is 5.73 Å². The van der Waals surface area contributed by atoms with Gasteiger partial charge in [-0.15, -0.1) is 0 Å². The van der Waals surface area contributed by atoms with Crippen LogP contribution in [0.2, 0.25) is 5.02 Å². The molecule has 110 valence electrons. The smallest absolute Gasteiger partial charge is 0.250 e. The minimum atomic E-state index is -0.587. The maximum absolute atomic E-state index is 11.5. The molecule has 1 aliphatic heterocycles. The van der Waals surface area contributed by atoms with Crippen molar-refractivity contribution < 1.29 is 14.3 Å². The fourth-order valence-corrected chi connectivity index (χ4v) is 2.51. The molecule has 0 saturated carbocycles. The largest absolute Gasteiger partial charge is 0.399 e. The van der Waals surface area contributed by atoms with Crippen molar-refractivity contribution in [2.45, 2.75) is 12.0 Å². The van der Waals surface area contributed by atoms with Crippen molar-refractivity contribution in [1.82, 2.24) is 0 Å². The summed E-state index contributed by atoms with van der Waals surface area (Å²) in [5, 5.41) is 3.48. The number of hydrogen-bond donors (Lipinski definition) is 3. The molecule has 1 aromatic carbocycles. The second kappa shape index (κ2) is 5.87. The van der Waals surface area contributed by atoms with Gasteiger partial charge in [-0.25, -0.2) is 0 Å². The van der Waals surface area contributed by atoms with Gasteiger partial charge in [0.15, 0.2) is 0 Å². The van der Waals surface area contributed by atoms with Gasteiger partial charge in [0.25, 0.3) is 5.91 Å². The Hall–Kier alpha value is -1.50. The van der Waals surface area contributed by atoms with E-state index < -0.39 is 11.5 Å². The normalized spacial score (nSPS) is 21.9. The van der Waals surface area contributed by atoms with Crippen LogP contribution in [0, 0.1) is 0 Å². The number of hydrogen-bond acceptors (Lipinski definition) is 5. The highest BCUT2D eigenvalue weighted by molar-refractivity contribution is 6.34. The quantitative estimate of drug-likeness (QED) is 0.710. The van der Waals surface area contributed by atoms with Crippen LogP contribution in [0.15, 0.2) is 12.1 Å². The summed E-state index contributed by atoms with van der Waals surface area (Å²) in [6, 6.07) is 3.07. The maximum atomic E-state index is 11.5. The average Bonchev–Trinajstić information content (AvgIpc) is 2.86. The lowest BCUT2D eigenvalue weighted by molar-refractivity contribution is -0.00620. The van der Waals surface area contributed by atoms with E-state index in [1.165, 1.54) is 6.07 Å². The molecule has 0 spiro atoms. The Kier molecular flexibility index (Phi) is 4.37. The van der Waals surface area contributed by atoms with Gasteiger partial charge in [0.1, 0.15) is 5.60 Å². The fourth-order valence-electron chi connectivity index (χ4n) is 2.21. The molecule has 1 atom stereocenters. The lowest BCUT2D eigenvalue weighted by atomic mass is 10.0. The van der Waals surface area contributed by atoms with Crippen LogP contribution in [0.25, 0.3) is 0 Å². The highest BCUT2D eigenvalue weighted by Crippen LogP contribution is 2.31. The molecule has 1 unspecified atom stereocenters. The molecule has 1 fully saturated rings. The topological polar surface area (TPSA) is 99.6 Å². The van der Waals surface area contributed by atoms with Crippen molar-refractivity contribution in [3.63, 3.8) is 0 Å². The highest BCUT2D eigenvalue weighted by Gasteiger charge is 2.35. The predicted molar refractivity (Wildman–Crippen MR) is 78.0 cm³/mol. The molecule has 0 aromatic heterocycles. The van der Waals surface area contributed by atoms with Gasteiger partial charge < -0.3 is 26.3 Å². The molecular weight excluding hydrogens is 282 g/mol. The lowest BCUT2D eigenvalue weighted by Crippen LogP contribution is -2.40. The monoisotopic (exact) mass is 299 g/mol. The van der Waals surface area contributed by atoms with Gasteiger partial charge in [0.2, 0.25) is 0 Å². The van der Waals surface area contributed by atoms with Crippen molar-refractivity contribution in [3.8, 4) is 0 Å². The van der Waals surface area contributed by atoms with Crippen LogP contribution < -0.4 is 16.8 Å². The number of amides is 1. The minimum absolute atomic E-state index is 0.264. The molecule has 6 nitrogen and oxygen atoms in total. The highest BCUT2D eigenvalue weighted by atomic mass is 35.5. The molecule has 1 heterocycles. The lowest BCUT2D eigenvalue weighted by Gasteiger charge is -2.27. The third-order valence-electron chi connectivity index (χ3n) is 3.47. The first-order valence-electron chi connectivity index (χ1n) is 6.23. The number of ether oxygens (including phenoxy) is 2. The van der Waals surface area contributed by atoms with Gasteiger partial charge in [-0.2, -0.15) is 0 Å². The minimum Gasteiger partial charge on any atom is -0.399 e. The van der Waals surface area contributed by atoms with Crippen LogP contribution in [0.3, 0.4) is 0 Å². The summed E-state index contributed by atoms with van der Waals surface area (Å²) in [5.41, 5.74) is 11.7. The number of carbonyl (C=O) groups is 1. The summed E-state index contributed by atoms with van der Waals surface area (Å²) in [7, 11) is 1.63. The van der Waals surface area contributed by atoms with E-state index in [0.717, 1.165) is 6.42 Å². The van der Waals surface area contributed by atoms with E-state index in [1.54, 1.807) is 13.2 Å². The molecule has 2 rings (SSSR count). The number of primary amides is 1. The van der Waals surface area contributed by atoms with E-state index >= 15 is 0 Å². The molecule has 0 bridgehead atoms. The van der Waals surface area contributed by atoms with Crippen molar-refractivity contribution in [3.05, 3.63) is 22.7 Å². The Balaban J connectivity index is 2.22. The summed E-state index contributed by atoms with van der Waals surface area (Å²) >= 11 is 6.13. The number of nitrogens with two attached hydrogens (primary N) is 2. The van der Waals surface area contributed by atoms with E-state index in [0.29, 0.717) is 36.2 Å². The zero-order valence-electron chi connectivity index (χ0n) is 11.2. The number of anilines is 2. The van der Waals surface area contributed by atoms with Crippen LogP contribution in [-0.2, 0) is 9.47 Å². The Morgan fingerprint density at radius 3 is 2.90 bits per heavy atom. The summed E-state index contributed by atoms with van der Waals surface area (Å²) in [5.74, 6) is -0.587. The van der Waals surface area contributed by atoms with Gasteiger partial charge in [-0.1, -0.05) is 11.6 Å². The molecule has 5 N–H and O–H groups in total. The molecule has 1 saturated heterocycles. The van der Waals surface area contributed by atoms with E-state index in [9.17, 15) is 4.79 Å². The standard InChI is InChI=1S/C13H18ClN3O3/c1-19-13(2-3-20-7-13)6-17-11-9(12(16)18)4-8(15)5-10(11)14/h4-5,17H,2-3,6-7,15H2,1H3,(H2,16,18). The second-order valence-corrected chi connectivity index (χ2v) is 5.24. The SMILES string of the molecule is COC1(CNc2c(Cl)cc(N)cc2C(N)=O)CCOC1. The van der Waals surface area contributed by atoms with Gasteiger partial charge in [-0.05, 0) is 12.1 Å². The number of carbonyl (C=O) groups excluding carboxylic acids is 1. The van der Waals surface area contributed by atoms with Crippen LogP contribution in [-0.4, -0.2) is 38.4 Å². The number of halogens is 1. The Bertz CT molecular complexity index is 516. The molecule has 1 aromatic rings. The van der Waals surface area contributed by atoms with Gasteiger partial charge in [-0.3, -0.25) is 4.79 Å². The molecule has 0 radical (unpaired) electrons. The van der Waals surface area contributed by atoms with Gasteiger partial charge >= 0.3 is 0 Å². The molecule has 20 heavy (non-hydrogen) atoms. The predicted octanol–water partition coefficient (Wildman–Crippen LogP) is 1.24. The number of benzene rings is 1. The Morgan fingerprint density at radius 2 is 2.35 bits per heavy atom. The molecule has 1 aliphatic rings. The zero-order chi connectivity index (χ0) is 14.8. The van der Waals surface area contributed by atoms with Crippen molar-refractivity contribution in [2.75, 3.05) is 37.9 Å². The molecular formula is C13H18ClN3O3. The van der Waals surface area contributed by atoms with Crippen molar-refractivity contribution in [1.29, 1.82) is 0 Å². The zero-order valence-corrected chi connectivity index (χ0v) is 12.0. The summed E-state index contributed by atoms with van der Waals surface area (Å²) in [6.07, 6.45) is 0.773. The fraction of sp³-hybridized carbons (Fsp3) is 0.462. The van der Waals surface area contributed by atoms with Crippen molar-refractivity contribution >= 4 is 28.9 Å². The van der Waals surface area contributed by atoms with E-state index in [2.05, 4.69) is 5.32 Å². The van der Waals surface area contributed by atoms with Crippen LogP contribution in [0.1, 0.15) is 16.8 Å². The number of nitrogens with one attached hydrogen (secondary N) is 1. The first-order chi connectivity index (χ1) is 9.47. The van der Waals surface area contributed by atoms with Crippen LogP contribution in [0.5, 0.6) is 0 Å². The Morgan fingerprint density at radius 1 is 1.60 bits per heavy atom. The Labute approximate surface area is 122 Å². The van der Waals surface area contributed by atoms with E-state index in [1.807, 2.05) is 0 Å². The van der Waals surface area contributed by atoms with E-state index in [-0.39, 0.29) is 5.56 Å².